The van der Waals surface area contributed by atoms with Crippen LogP contribution in [0.5, 0.6) is 0 Å². The number of hydrogen-bond acceptors (Lipinski definition) is 7. The van der Waals surface area contributed by atoms with E-state index >= 15 is 0 Å². The van der Waals surface area contributed by atoms with Gasteiger partial charge in [-0.2, -0.15) is 0 Å². The first-order valence-electron chi connectivity index (χ1n) is 14.1. The Labute approximate surface area is 241 Å². The van der Waals surface area contributed by atoms with Gasteiger partial charge >= 0.3 is 12.1 Å². The lowest BCUT2D eigenvalue weighted by Crippen LogP contribution is -2.36. The topological polar surface area (TPSA) is 91.1 Å². The molecule has 7 nitrogen and oxygen atoms in total. The first-order chi connectivity index (χ1) is 18.6. The highest BCUT2D eigenvalue weighted by Crippen LogP contribution is 2.24. The third-order valence-corrected chi connectivity index (χ3v) is 7.92. The number of ether oxygens (including phenoxy) is 3. The number of nitrogens with zero attached hydrogens (tertiary/aromatic N) is 1. The SMILES string of the molecule is CC/C=C(C)/C(=C\C=C(/C)C(=S)/C(COC(=O)N(C)C1CCCC1)=C(/C)N)OC.COC(=O)C1CCCCC1. The summed E-state index contributed by atoms with van der Waals surface area (Å²) >= 11 is 5.61. The molecular weight excluding hydrogens is 512 g/mol. The van der Waals surface area contributed by atoms with Crippen LogP contribution >= 0.6 is 12.2 Å². The van der Waals surface area contributed by atoms with Gasteiger partial charge in [-0.1, -0.05) is 63.4 Å². The summed E-state index contributed by atoms with van der Waals surface area (Å²) in [6.07, 6.45) is 16.6. The highest BCUT2D eigenvalue weighted by atomic mass is 32.1. The minimum Gasteiger partial charge on any atom is -0.497 e. The third kappa shape index (κ3) is 12.0. The Morgan fingerprint density at radius 2 is 1.51 bits per heavy atom. The number of esters is 1. The molecule has 220 valence electrons. The van der Waals surface area contributed by atoms with E-state index in [9.17, 15) is 9.59 Å². The predicted octanol–water partition coefficient (Wildman–Crippen LogP) is 7.17. The Balaban J connectivity index is 0.000000633. The number of methoxy groups -OCH3 is 2. The molecule has 39 heavy (non-hydrogen) atoms. The fourth-order valence-corrected chi connectivity index (χ4v) is 5.11. The molecule has 2 N–H and O–H groups in total. The molecule has 2 saturated carbocycles. The molecule has 0 aliphatic heterocycles. The zero-order chi connectivity index (χ0) is 29.4. The van der Waals surface area contributed by atoms with Crippen LogP contribution in [-0.2, 0) is 19.0 Å². The summed E-state index contributed by atoms with van der Waals surface area (Å²) in [7, 11) is 4.91. The van der Waals surface area contributed by atoms with E-state index in [4.69, 9.17) is 27.4 Å². The van der Waals surface area contributed by atoms with Crippen LogP contribution in [0.2, 0.25) is 0 Å². The molecule has 0 bridgehead atoms. The van der Waals surface area contributed by atoms with E-state index in [1.807, 2.05) is 26.0 Å². The van der Waals surface area contributed by atoms with Crippen molar-refractivity contribution in [3.05, 3.63) is 46.4 Å². The molecular formula is C31H50N2O5S. The molecule has 0 radical (unpaired) electrons. The average molecular weight is 563 g/mol. The van der Waals surface area contributed by atoms with Crippen molar-refractivity contribution in [3.8, 4) is 0 Å². The van der Waals surface area contributed by atoms with Gasteiger partial charge in [0.15, 0.2) is 0 Å². The summed E-state index contributed by atoms with van der Waals surface area (Å²) in [5, 5.41) is 0. The molecule has 2 aliphatic carbocycles. The van der Waals surface area contributed by atoms with Crippen LogP contribution in [-0.4, -0.2) is 55.7 Å². The maximum atomic E-state index is 12.4. The molecule has 0 heterocycles. The minimum atomic E-state index is -0.332. The molecule has 1 amide bonds. The van der Waals surface area contributed by atoms with Gasteiger partial charge in [0.1, 0.15) is 12.4 Å². The van der Waals surface area contributed by atoms with Crippen molar-refractivity contribution in [2.24, 2.45) is 11.7 Å². The minimum absolute atomic E-state index is 0.0142. The first-order valence-corrected chi connectivity index (χ1v) is 14.5. The summed E-state index contributed by atoms with van der Waals surface area (Å²) in [6.45, 7) is 7.85. The molecule has 8 heteroatoms. The van der Waals surface area contributed by atoms with Gasteiger partial charge in [-0.3, -0.25) is 4.79 Å². The second kappa shape index (κ2) is 18.6. The van der Waals surface area contributed by atoms with E-state index in [-0.39, 0.29) is 30.6 Å². The molecule has 2 fully saturated rings. The smallest absolute Gasteiger partial charge is 0.410 e. The van der Waals surface area contributed by atoms with Crippen LogP contribution < -0.4 is 5.73 Å². The Hall–Kier alpha value is -2.61. The number of rotatable bonds is 10. The fourth-order valence-electron chi connectivity index (χ4n) is 4.82. The van der Waals surface area contributed by atoms with E-state index in [0.29, 0.717) is 16.1 Å². The van der Waals surface area contributed by atoms with Gasteiger partial charge in [0.05, 0.1) is 20.1 Å². The summed E-state index contributed by atoms with van der Waals surface area (Å²) in [4.78, 5) is 25.6. The lowest BCUT2D eigenvalue weighted by molar-refractivity contribution is -0.146. The summed E-state index contributed by atoms with van der Waals surface area (Å²) in [5.41, 5.74) is 9.18. The fraction of sp³-hybridized carbons (Fsp3) is 0.645. The van der Waals surface area contributed by atoms with Gasteiger partial charge < -0.3 is 24.8 Å². The first kappa shape index (κ1) is 34.4. The van der Waals surface area contributed by atoms with Crippen molar-refractivity contribution in [1.82, 2.24) is 4.90 Å². The number of hydrogen-bond donors (Lipinski definition) is 1. The summed E-state index contributed by atoms with van der Waals surface area (Å²) in [6, 6.07) is 0.263. The van der Waals surface area contributed by atoms with Crippen LogP contribution in [0.15, 0.2) is 46.4 Å². The van der Waals surface area contributed by atoms with E-state index in [2.05, 4.69) is 17.7 Å². The second-order valence-electron chi connectivity index (χ2n) is 10.3. The van der Waals surface area contributed by atoms with Gasteiger partial charge in [0.25, 0.3) is 0 Å². The molecule has 2 rings (SSSR count). The number of carbonyl (C=O) groups excluding carboxylic acids is 2. The molecule has 0 atom stereocenters. The Kier molecular flexibility index (Phi) is 16.4. The Morgan fingerprint density at radius 1 is 0.923 bits per heavy atom. The van der Waals surface area contributed by atoms with E-state index in [1.165, 1.54) is 26.4 Å². The maximum Gasteiger partial charge on any atom is 0.410 e. The normalized spacial score (nSPS) is 18.0. The van der Waals surface area contributed by atoms with E-state index in [0.717, 1.165) is 61.9 Å². The highest BCUT2D eigenvalue weighted by molar-refractivity contribution is 7.81. The van der Waals surface area contributed by atoms with Gasteiger partial charge in [-0.25, -0.2) is 4.79 Å². The maximum absolute atomic E-state index is 12.4. The number of nitrogens with two attached hydrogens (primary N) is 1. The monoisotopic (exact) mass is 562 g/mol. The number of allylic oxidation sites excluding steroid dienone is 6. The third-order valence-electron chi connectivity index (χ3n) is 7.35. The number of thiocarbonyl (C=S) groups is 1. The number of carbonyl (C=O) groups is 2. The Morgan fingerprint density at radius 3 is 2.03 bits per heavy atom. The zero-order valence-electron chi connectivity index (χ0n) is 25.1. The highest BCUT2D eigenvalue weighted by Gasteiger charge is 2.25. The van der Waals surface area contributed by atoms with Crippen molar-refractivity contribution >= 4 is 29.1 Å². The molecule has 0 unspecified atom stereocenters. The van der Waals surface area contributed by atoms with Crippen LogP contribution in [0.3, 0.4) is 0 Å². The van der Waals surface area contributed by atoms with Crippen LogP contribution in [0.25, 0.3) is 0 Å². The van der Waals surface area contributed by atoms with Crippen molar-refractivity contribution in [2.45, 2.75) is 97.9 Å². The van der Waals surface area contributed by atoms with Gasteiger partial charge in [0, 0.05) is 29.2 Å². The van der Waals surface area contributed by atoms with Crippen molar-refractivity contribution in [2.75, 3.05) is 27.9 Å². The zero-order valence-corrected chi connectivity index (χ0v) is 26.0. The predicted molar refractivity (Wildman–Crippen MR) is 162 cm³/mol. The van der Waals surface area contributed by atoms with Crippen molar-refractivity contribution < 1.29 is 23.8 Å². The molecule has 0 spiro atoms. The number of amides is 1. The van der Waals surface area contributed by atoms with E-state index < -0.39 is 0 Å². The van der Waals surface area contributed by atoms with Gasteiger partial charge in [0.2, 0.25) is 0 Å². The van der Waals surface area contributed by atoms with Crippen LogP contribution in [0.1, 0.15) is 91.9 Å². The van der Waals surface area contributed by atoms with E-state index in [1.54, 1.807) is 26.0 Å². The molecule has 0 aromatic rings. The van der Waals surface area contributed by atoms with Gasteiger partial charge in [-0.05, 0) is 70.1 Å². The average Bonchev–Trinajstić information content (AvgIpc) is 3.48. The molecule has 0 aromatic carbocycles. The summed E-state index contributed by atoms with van der Waals surface area (Å²) < 4.78 is 15.6. The molecule has 0 saturated heterocycles. The Bertz CT molecular complexity index is 935. The molecule has 2 aliphatic rings. The van der Waals surface area contributed by atoms with Crippen LogP contribution in [0.4, 0.5) is 4.79 Å². The largest absolute Gasteiger partial charge is 0.497 e. The lowest BCUT2D eigenvalue weighted by atomic mass is 9.89. The van der Waals surface area contributed by atoms with Gasteiger partial charge in [-0.15, -0.1) is 0 Å². The lowest BCUT2D eigenvalue weighted by Gasteiger charge is -2.24. The molecule has 0 aromatic heterocycles. The summed E-state index contributed by atoms with van der Waals surface area (Å²) in [5.74, 6) is 0.979. The second-order valence-corrected chi connectivity index (χ2v) is 10.7. The van der Waals surface area contributed by atoms with Crippen molar-refractivity contribution in [1.29, 1.82) is 0 Å². The van der Waals surface area contributed by atoms with Crippen molar-refractivity contribution in [3.63, 3.8) is 0 Å². The quantitative estimate of drug-likeness (QED) is 0.0992. The van der Waals surface area contributed by atoms with Crippen LogP contribution in [0, 0.1) is 5.92 Å². The standard InChI is InChI=1S/C23H36N2O3S.C8H14O2/c1-7-10-16(2)21(27-6)14-13-17(3)22(29)20(18(4)24)15-28-23(26)25(5)19-11-8-9-12-19;1-10-8(9)7-5-3-2-4-6-7/h10,13-14,19H,7-9,11-12,15,24H2,1-6H3;7H,2-6H2,1H3/b16-10+,17-13+,20-18-,21-14+;.